The average molecular weight is 559 g/mol. The van der Waals surface area contributed by atoms with Crippen molar-refractivity contribution in [1.82, 2.24) is 19.4 Å². The molecule has 7 heteroatoms. The van der Waals surface area contributed by atoms with Crippen LogP contribution in [0.4, 0.5) is 0 Å². The average Bonchev–Trinajstić information content (AvgIpc) is 3.34. The maximum absolute atomic E-state index is 13.8. The highest BCUT2D eigenvalue weighted by atomic mass is 16.5. The predicted molar refractivity (Wildman–Crippen MR) is 166 cm³/mol. The summed E-state index contributed by atoms with van der Waals surface area (Å²) in [5.41, 5.74) is 4.56. The third-order valence-corrected chi connectivity index (χ3v) is 7.81. The van der Waals surface area contributed by atoms with Gasteiger partial charge >= 0.3 is 5.97 Å². The number of amides is 1. The largest absolute Gasteiger partial charge is 0.465 e. The van der Waals surface area contributed by atoms with Crippen molar-refractivity contribution in [3.63, 3.8) is 0 Å². The lowest BCUT2D eigenvalue weighted by atomic mass is 10.0. The molecule has 7 nitrogen and oxygen atoms in total. The van der Waals surface area contributed by atoms with E-state index >= 15 is 0 Å². The van der Waals surface area contributed by atoms with Gasteiger partial charge in [-0.3, -0.25) is 9.69 Å². The number of likely N-dealkylation sites (tertiary alicyclic amines) is 1. The number of methoxy groups -OCH3 is 1. The number of esters is 1. The Morgan fingerprint density at radius 1 is 0.976 bits per heavy atom. The molecule has 0 unspecified atom stereocenters. The number of aromatic nitrogens is 2. The first-order valence-electron chi connectivity index (χ1n) is 15.2. The van der Waals surface area contributed by atoms with Gasteiger partial charge in [0.1, 0.15) is 5.69 Å². The second-order valence-corrected chi connectivity index (χ2v) is 12.0. The fourth-order valence-corrected chi connectivity index (χ4v) is 5.27. The highest BCUT2D eigenvalue weighted by Gasteiger charge is 2.20. The maximum Gasteiger partial charge on any atom is 0.337 e. The lowest BCUT2D eigenvalue weighted by molar-refractivity contribution is 0.0600. The van der Waals surface area contributed by atoms with Crippen molar-refractivity contribution in [2.45, 2.75) is 59.8 Å². The molecule has 0 radical (unpaired) electrons. The summed E-state index contributed by atoms with van der Waals surface area (Å²) in [5.74, 6) is 0.740. The Kier molecular flexibility index (Phi) is 10.7. The molecular formula is C34H46N4O3. The minimum atomic E-state index is -0.381. The van der Waals surface area contributed by atoms with Crippen LogP contribution >= 0.6 is 0 Å². The molecule has 0 N–H and O–H groups in total. The van der Waals surface area contributed by atoms with Gasteiger partial charge in [0.05, 0.1) is 18.2 Å². The van der Waals surface area contributed by atoms with Crippen molar-refractivity contribution < 1.29 is 14.3 Å². The normalized spacial score (nSPS) is 14.4. The van der Waals surface area contributed by atoms with Crippen molar-refractivity contribution >= 4 is 23.5 Å². The summed E-state index contributed by atoms with van der Waals surface area (Å²) < 4.78 is 6.79. The van der Waals surface area contributed by atoms with Crippen LogP contribution in [0, 0.1) is 11.8 Å². The summed E-state index contributed by atoms with van der Waals surface area (Å²) in [5, 5.41) is 4.91. The predicted octanol–water partition coefficient (Wildman–Crippen LogP) is 6.82. The number of rotatable bonds is 12. The molecule has 0 atom stereocenters. The SMILES string of the molecule is COC(=O)c1cccc(-c2nn3ccc(C(=O)N(CCC(C)C)CCC(C)C)cc3c2/C=C/CN2CCCCC2)c1. The van der Waals surface area contributed by atoms with Crippen LogP contribution in [-0.2, 0) is 4.74 Å². The van der Waals surface area contributed by atoms with Crippen LogP contribution in [0.1, 0.15) is 86.1 Å². The van der Waals surface area contributed by atoms with E-state index in [0.717, 1.165) is 67.9 Å². The van der Waals surface area contributed by atoms with Gasteiger partial charge in [0.15, 0.2) is 0 Å². The standard InChI is InChI=1S/C34H46N4O3/c1-25(2)14-20-37(21-15-26(3)4)33(39)28-16-22-38-31(24-28)30(13-10-19-36-17-7-6-8-18-36)32(35-38)27-11-9-12-29(23-27)34(40)41-5/h9-13,16,22-26H,6-8,14-15,17-21H2,1-5H3/b13-10+. The number of nitrogens with zero attached hydrogens (tertiary/aromatic N) is 4. The lowest BCUT2D eigenvalue weighted by Gasteiger charge is -2.25. The van der Waals surface area contributed by atoms with Gasteiger partial charge in [0.25, 0.3) is 5.91 Å². The van der Waals surface area contributed by atoms with E-state index < -0.39 is 0 Å². The van der Waals surface area contributed by atoms with E-state index in [0.29, 0.717) is 23.0 Å². The third kappa shape index (κ3) is 8.07. The van der Waals surface area contributed by atoms with Crippen LogP contribution in [0.2, 0.25) is 0 Å². The van der Waals surface area contributed by atoms with Gasteiger partial charge in [-0.25, -0.2) is 9.31 Å². The van der Waals surface area contributed by atoms with Crippen LogP contribution in [0.3, 0.4) is 0 Å². The quantitative estimate of drug-likeness (QED) is 0.228. The Hall–Kier alpha value is -3.45. The summed E-state index contributed by atoms with van der Waals surface area (Å²) in [6, 6.07) is 11.2. The van der Waals surface area contributed by atoms with Crippen molar-refractivity contribution in [2.24, 2.45) is 11.8 Å². The molecule has 0 bridgehead atoms. The summed E-state index contributed by atoms with van der Waals surface area (Å²) in [6.07, 6.45) is 11.9. The summed E-state index contributed by atoms with van der Waals surface area (Å²) >= 11 is 0. The lowest BCUT2D eigenvalue weighted by Crippen LogP contribution is -2.34. The molecule has 220 valence electrons. The van der Waals surface area contributed by atoms with Crippen LogP contribution in [0.25, 0.3) is 22.9 Å². The number of piperidine rings is 1. The monoisotopic (exact) mass is 558 g/mol. The minimum Gasteiger partial charge on any atom is -0.465 e. The Labute approximate surface area is 245 Å². The molecule has 41 heavy (non-hydrogen) atoms. The molecule has 1 saturated heterocycles. The van der Waals surface area contributed by atoms with Gasteiger partial charge in [0.2, 0.25) is 0 Å². The van der Waals surface area contributed by atoms with Crippen molar-refractivity contribution in [1.29, 1.82) is 0 Å². The van der Waals surface area contributed by atoms with Gasteiger partial charge in [-0.05, 0) is 74.9 Å². The molecule has 1 fully saturated rings. The molecule has 0 saturated carbocycles. The van der Waals surface area contributed by atoms with Crippen LogP contribution in [-0.4, -0.2) is 71.1 Å². The summed E-state index contributed by atoms with van der Waals surface area (Å²) in [6.45, 7) is 13.4. The molecule has 3 aromatic rings. The highest BCUT2D eigenvalue weighted by Crippen LogP contribution is 2.29. The van der Waals surface area contributed by atoms with E-state index in [1.165, 1.54) is 26.4 Å². The van der Waals surface area contributed by atoms with Gasteiger partial charge in [-0.15, -0.1) is 0 Å². The second-order valence-electron chi connectivity index (χ2n) is 12.0. The molecule has 1 amide bonds. The minimum absolute atomic E-state index is 0.0625. The molecule has 3 heterocycles. The van der Waals surface area contributed by atoms with E-state index in [2.05, 4.69) is 44.7 Å². The smallest absolute Gasteiger partial charge is 0.337 e. The first-order chi connectivity index (χ1) is 19.8. The summed E-state index contributed by atoms with van der Waals surface area (Å²) in [4.78, 5) is 30.5. The van der Waals surface area contributed by atoms with Crippen LogP contribution in [0.5, 0.6) is 0 Å². The molecule has 0 spiro atoms. The van der Waals surface area contributed by atoms with Crippen molar-refractivity contribution in [3.8, 4) is 11.3 Å². The zero-order chi connectivity index (χ0) is 29.4. The van der Waals surface area contributed by atoms with Crippen LogP contribution in [0.15, 0.2) is 48.7 Å². The Morgan fingerprint density at radius 3 is 2.34 bits per heavy atom. The maximum atomic E-state index is 13.8. The van der Waals surface area contributed by atoms with E-state index in [9.17, 15) is 9.59 Å². The Bertz CT molecular complexity index is 1340. The molecule has 4 rings (SSSR count). The van der Waals surface area contributed by atoms with E-state index in [4.69, 9.17) is 9.84 Å². The molecule has 2 aromatic heterocycles. The first kappa shape index (κ1) is 30.5. The fourth-order valence-electron chi connectivity index (χ4n) is 5.27. The Balaban J connectivity index is 1.73. The summed E-state index contributed by atoms with van der Waals surface area (Å²) in [7, 11) is 1.39. The van der Waals surface area contributed by atoms with Crippen LogP contribution < -0.4 is 0 Å². The number of fused-ring (bicyclic) bond motifs is 1. The second kappa shape index (κ2) is 14.4. The third-order valence-electron chi connectivity index (χ3n) is 7.81. The zero-order valence-corrected chi connectivity index (χ0v) is 25.4. The number of hydrogen-bond acceptors (Lipinski definition) is 5. The number of ether oxygens (including phenoxy) is 1. The number of carbonyl (C=O) groups is 2. The van der Waals surface area contributed by atoms with Crippen molar-refractivity contribution in [2.75, 3.05) is 39.8 Å². The zero-order valence-electron chi connectivity index (χ0n) is 25.4. The van der Waals surface area contributed by atoms with Gasteiger partial charge in [0, 0.05) is 42.5 Å². The molecule has 1 aliphatic rings. The van der Waals surface area contributed by atoms with Gasteiger partial charge < -0.3 is 9.64 Å². The molecule has 1 aromatic carbocycles. The van der Waals surface area contributed by atoms with E-state index in [1.807, 2.05) is 45.9 Å². The highest BCUT2D eigenvalue weighted by molar-refractivity contribution is 5.97. The first-order valence-corrected chi connectivity index (χ1v) is 15.2. The molecular weight excluding hydrogens is 512 g/mol. The van der Waals surface area contributed by atoms with E-state index in [-0.39, 0.29) is 11.9 Å². The molecule has 1 aliphatic heterocycles. The van der Waals surface area contributed by atoms with Gasteiger partial charge in [-0.2, -0.15) is 5.10 Å². The number of pyridine rings is 1. The number of hydrogen-bond donors (Lipinski definition) is 0. The van der Waals surface area contributed by atoms with Crippen molar-refractivity contribution in [3.05, 3.63) is 65.4 Å². The van der Waals surface area contributed by atoms with E-state index in [1.54, 1.807) is 6.07 Å². The molecule has 0 aliphatic carbocycles. The number of carbonyl (C=O) groups excluding carboxylic acids is 2. The number of benzene rings is 1. The van der Waals surface area contributed by atoms with Gasteiger partial charge in [-0.1, -0.05) is 58.4 Å². The topological polar surface area (TPSA) is 67.1 Å². The Morgan fingerprint density at radius 2 is 1.68 bits per heavy atom. The fraction of sp³-hybridized carbons (Fsp3) is 0.500.